The molecule has 0 unspecified atom stereocenters. The number of nitro benzene ring substituents is 1. The largest absolute Gasteiger partial charge is 0.378 e. The van der Waals surface area contributed by atoms with Gasteiger partial charge >= 0.3 is 0 Å². The Balaban J connectivity index is 2.22. The quantitative estimate of drug-likeness (QED) is 0.520. The van der Waals surface area contributed by atoms with Crippen LogP contribution in [-0.4, -0.2) is 4.92 Å². The fourth-order valence-corrected chi connectivity index (χ4v) is 1.85. The average Bonchev–Trinajstić information content (AvgIpc) is 2.45. The standard InChI is InChI=1S/C13H8ClF3N2O2/c14-9-2-1-8(19(20)21)5-7(9)6-18-11-4-3-10(15)12(16)13(11)17/h1-5,18H,6H2. The lowest BCUT2D eigenvalue weighted by atomic mass is 10.2. The number of nitrogens with one attached hydrogen (secondary N) is 1. The first-order chi connectivity index (χ1) is 9.90. The summed E-state index contributed by atoms with van der Waals surface area (Å²) in [5.74, 6) is -4.26. The minimum Gasteiger partial charge on any atom is -0.378 e. The summed E-state index contributed by atoms with van der Waals surface area (Å²) < 4.78 is 39.3. The lowest BCUT2D eigenvalue weighted by molar-refractivity contribution is -0.384. The van der Waals surface area contributed by atoms with Crippen LogP contribution in [0.5, 0.6) is 0 Å². The molecule has 0 fully saturated rings. The Morgan fingerprint density at radius 1 is 1.14 bits per heavy atom. The van der Waals surface area contributed by atoms with Gasteiger partial charge in [-0.15, -0.1) is 0 Å². The number of halogens is 4. The van der Waals surface area contributed by atoms with E-state index in [2.05, 4.69) is 5.32 Å². The Morgan fingerprint density at radius 2 is 1.86 bits per heavy atom. The van der Waals surface area contributed by atoms with Gasteiger partial charge in [-0.1, -0.05) is 11.6 Å². The molecular weight excluding hydrogens is 309 g/mol. The minimum atomic E-state index is -1.59. The van der Waals surface area contributed by atoms with Crippen molar-refractivity contribution in [2.45, 2.75) is 6.54 Å². The van der Waals surface area contributed by atoms with Crippen LogP contribution in [0.25, 0.3) is 0 Å². The fraction of sp³-hybridized carbons (Fsp3) is 0.0769. The van der Waals surface area contributed by atoms with Gasteiger partial charge in [-0.2, -0.15) is 0 Å². The molecule has 21 heavy (non-hydrogen) atoms. The molecule has 2 aromatic rings. The molecule has 1 N–H and O–H groups in total. The highest BCUT2D eigenvalue weighted by atomic mass is 35.5. The molecule has 2 rings (SSSR count). The molecule has 0 saturated carbocycles. The van der Waals surface area contributed by atoms with Crippen molar-refractivity contribution in [2.24, 2.45) is 0 Å². The molecule has 110 valence electrons. The molecule has 2 aromatic carbocycles. The van der Waals surface area contributed by atoms with E-state index in [1.807, 2.05) is 0 Å². The van der Waals surface area contributed by atoms with E-state index in [9.17, 15) is 23.3 Å². The summed E-state index contributed by atoms with van der Waals surface area (Å²) in [4.78, 5) is 10.1. The van der Waals surface area contributed by atoms with Crippen molar-refractivity contribution in [3.05, 3.63) is 68.5 Å². The van der Waals surface area contributed by atoms with E-state index in [1.165, 1.54) is 18.2 Å². The number of hydrogen-bond donors (Lipinski definition) is 1. The molecule has 8 heteroatoms. The molecule has 0 radical (unpaired) electrons. The van der Waals surface area contributed by atoms with Crippen molar-refractivity contribution in [3.8, 4) is 0 Å². The molecule has 0 aliphatic carbocycles. The Bertz CT molecular complexity index is 710. The van der Waals surface area contributed by atoms with Gasteiger partial charge in [-0.25, -0.2) is 13.2 Å². The van der Waals surface area contributed by atoms with Crippen LogP contribution < -0.4 is 5.32 Å². The number of hydrogen-bond acceptors (Lipinski definition) is 3. The zero-order chi connectivity index (χ0) is 15.6. The SMILES string of the molecule is O=[N+]([O-])c1ccc(Cl)c(CNc2ccc(F)c(F)c2F)c1. The summed E-state index contributed by atoms with van der Waals surface area (Å²) in [7, 11) is 0. The summed E-state index contributed by atoms with van der Waals surface area (Å²) >= 11 is 5.87. The predicted molar refractivity (Wildman–Crippen MR) is 71.7 cm³/mol. The number of rotatable bonds is 4. The first-order valence-corrected chi connectivity index (χ1v) is 6.08. The highest BCUT2D eigenvalue weighted by Gasteiger charge is 2.14. The van der Waals surface area contributed by atoms with Gasteiger partial charge in [0.15, 0.2) is 17.5 Å². The third-order valence-electron chi connectivity index (χ3n) is 2.74. The maximum atomic E-state index is 13.5. The molecule has 0 aliphatic heterocycles. The zero-order valence-electron chi connectivity index (χ0n) is 10.4. The maximum absolute atomic E-state index is 13.5. The molecule has 0 heterocycles. The second kappa shape index (κ2) is 6.01. The number of nitrogens with zero attached hydrogens (tertiary/aromatic N) is 1. The summed E-state index contributed by atoms with van der Waals surface area (Å²) in [6.45, 7) is -0.0808. The number of non-ortho nitro benzene ring substituents is 1. The Kier molecular flexibility index (Phi) is 4.32. The first-order valence-electron chi connectivity index (χ1n) is 5.70. The van der Waals surface area contributed by atoms with Crippen LogP contribution in [0.1, 0.15) is 5.56 Å². The van der Waals surface area contributed by atoms with Gasteiger partial charge in [0, 0.05) is 23.7 Å². The zero-order valence-corrected chi connectivity index (χ0v) is 11.1. The van der Waals surface area contributed by atoms with Crippen LogP contribution in [0.3, 0.4) is 0 Å². The van der Waals surface area contributed by atoms with Crippen molar-refractivity contribution in [1.29, 1.82) is 0 Å². The van der Waals surface area contributed by atoms with E-state index in [-0.39, 0.29) is 22.9 Å². The van der Waals surface area contributed by atoms with Gasteiger partial charge in [0.05, 0.1) is 10.6 Å². The Labute approximate surface area is 122 Å². The van der Waals surface area contributed by atoms with Crippen molar-refractivity contribution in [2.75, 3.05) is 5.32 Å². The van der Waals surface area contributed by atoms with Crippen molar-refractivity contribution >= 4 is 23.0 Å². The van der Waals surface area contributed by atoms with Gasteiger partial charge in [0.25, 0.3) is 5.69 Å². The molecule has 0 amide bonds. The Hall–Kier alpha value is -2.28. The van der Waals surface area contributed by atoms with Gasteiger partial charge in [0.1, 0.15) is 0 Å². The van der Waals surface area contributed by atoms with Crippen LogP contribution in [0.15, 0.2) is 30.3 Å². The van der Waals surface area contributed by atoms with Crippen LogP contribution in [-0.2, 0) is 6.54 Å². The first kappa shape index (κ1) is 15.1. The topological polar surface area (TPSA) is 55.2 Å². The van der Waals surface area contributed by atoms with Gasteiger partial charge < -0.3 is 5.32 Å². The van der Waals surface area contributed by atoms with Crippen molar-refractivity contribution in [1.82, 2.24) is 0 Å². The van der Waals surface area contributed by atoms with E-state index < -0.39 is 22.4 Å². The van der Waals surface area contributed by atoms with Crippen LogP contribution >= 0.6 is 11.6 Å². The molecule has 0 aromatic heterocycles. The second-order valence-electron chi connectivity index (χ2n) is 4.11. The van der Waals surface area contributed by atoms with Gasteiger partial charge in [-0.05, 0) is 23.8 Å². The average molecular weight is 317 g/mol. The molecule has 0 spiro atoms. The molecule has 4 nitrogen and oxygen atoms in total. The fourth-order valence-electron chi connectivity index (χ4n) is 1.66. The predicted octanol–water partition coefficient (Wildman–Crippen LogP) is 4.28. The molecule has 0 atom stereocenters. The number of benzene rings is 2. The van der Waals surface area contributed by atoms with Gasteiger partial charge in [0.2, 0.25) is 0 Å². The lowest BCUT2D eigenvalue weighted by Crippen LogP contribution is -2.05. The summed E-state index contributed by atoms with van der Waals surface area (Å²) in [6, 6.07) is 5.57. The van der Waals surface area contributed by atoms with Crippen LogP contribution in [0, 0.1) is 27.6 Å². The maximum Gasteiger partial charge on any atom is 0.269 e. The Morgan fingerprint density at radius 3 is 2.52 bits per heavy atom. The molecule has 0 bridgehead atoms. The third kappa shape index (κ3) is 3.25. The van der Waals surface area contributed by atoms with E-state index in [0.717, 1.165) is 12.1 Å². The monoisotopic (exact) mass is 316 g/mol. The summed E-state index contributed by atoms with van der Waals surface area (Å²) in [5.41, 5.74) is -0.117. The van der Waals surface area contributed by atoms with Crippen LogP contribution in [0.2, 0.25) is 5.02 Å². The number of nitro groups is 1. The molecular formula is C13H8ClF3N2O2. The van der Waals surface area contributed by atoms with E-state index in [1.54, 1.807) is 0 Å². The smallest absolute Gasteiger partial charge is 0.269 e. The minimum absolute atomic E-state index is 0.0808. The van der Waals surface area contributed by atoms with Crippen molar-refractivity contribution < 1.29 is 18.1 Å². The normalized spacial score (nSPS) is 10.5. The molecule has 0 aliphatic rings. The third-order valence-corrected chi connectivity index (χ3v) is 3.11. The summed E-state index contributed by atoms with van der Waals surface area (Å²) in [5, 5.41) is 13.4. The van der Waals surface area contributed by atoms with Crippen molar-refractivity contribution in [3.63, 3.8) is 0 Å². The van der Waals surface area contributed by atoms with E-state index in [4.69, 9.17) is 11.6 Å². The van der Waals surface area contributed by atoms with Gasteiger partial charge in [-0.3, -0.25) is 10.1 Å². The number of anilines is 1. The summed E-state index contributed by atoms with van der Waals surface area (Å²) in [6.07, 6.45) is 0. The highest BCUT2D eigenvalue weighted by molar-refractivity contribution is 6.31. The lowest BCUT2D eigenvalue weighted by Gasteiger charge is -2.09. The van der Waals surface area contributed by atoms with E-state index >= 15 is 0 Å². The second-order valence-corrected chi connectivity index (χ2v) is 4.52. The van der Waals surface area contributed by atoms with Crippen LogP contribution in [0.4, 0.5) is 24.5 Å². The van der Waals surface area contributed by atoms with E-state index in [0.29, 0.717) is 5.56 Å². The molecule has 0 saturated heterocycles. The highest BCUT2D eigenvalue weighted by Crippen LogP contribution is 2.25.